The molecule has 0 aromatic heterocycles. The van der Waals surface area contributed by atoms with Crippen molar-refractivity contribution in [3.63, 3.8) is 0 Å². The van der Waals surface area contributed by atoms with Crippen LogP contribution in [-0.4, -0.2) is 13.0 Å². The van der Waals surface area contributed by atoms with E-state index >= 15 is 0 Å². The molecule has 2 rings (SSSR count). The van der Waals surface area contributed by atoms with E-state index < -0.39 is 0 Å². The van der Waals surface area contributed by atoms with Gasteiger partial charge in [0, 0.05) is 11.0 Å². The molecule has 5 heteroatoms. The molecule has 1 N–H and O–H groups in total. The van der Waals surface area contributed by atoms with E-state index in [-0.39, 0.29) is 18.3 Å². The molecule has 0 spiro atoms. The van der Waals surface area contributed by atoms with Crippen molar-refractivity contribution >= 4 is 21.8 Å². The van der Waals surface area contributed by atoms with Gasteiger partial charge in [-0.05, 0) is 51.8 Å². The first-order valence-electron chi connectivity index (χ1n) is 5.96. The predicted molar refractivity (Wildman–Crippen MR) is 78.3 cm³/mol. The molecule has 0 saturated carbocycles. The first-order valence-corrected chi connectivity index (χ1v) is 6.75. The minimum atomic E-state index is -0.320. The Hall–Kier alpha value is -1.88. The third-order valence-corrected chi connectivity index (χ3v) is 3.45. The zero-order valence-electron chi connectivity index (χ0n) is 10.8. The van der Waals surface area contributed by atoms with Crippen LogP contribution in [0, 0.1) is 5.82 Å². The van der Waals surface area contributed by atoms with E-state index in [0.29, 0.717) is 21.3 Å². The third-order valence-electron chi connectivity index (χ3n) is 2.76. The van der Waals surface area contributed by atoms with Gasteiger partial charge in [-0.2, -0.15) is 0 Å². The van der Waals surface area contributed by atoms with Crippen LogP contribution in [0.5, 0.6) is 5.75 Å². The van der Waals surface area contributed by atoms with Crippen LogP contribution in [-0.2, 0) is 6.54 Å². The van der Waals surface area contributed by atoms with Gasteiger partial charge in [0.15, 0.2) is 0 Å². The van der Waals surface area contributed by atoms with E-state index in [1.807, 2.05) is 0 Å². The monoisotopic (exact) mass is 337 g/mol. The van der Waals surface area contributed by atoms with Crippen LogP contribution < -0.4 is 10.1 Å². The lowest BCUT2D eigenvalue weighted by molar-refractivity contribution is 0.0949. The fraction of sp³-hybridized carbons (Fsp3) is 0.133. The van der Waals surface area contributed by atoms with Gasteiger partial charge < -0.3 is 10.1 Å². The van der Waals surface area contributed by atoms with Crippen LogP contribution in [0.25, 0.3) is 0 Å². The van der Waals surface area contributed by atoms with Gasteiger partial charge >= 0.3 is 0 Å². The summed E-state index contributed by atoms with van der Waals surface area (Å²) >= 11 is 3.32. The maximum Gasteiger partial charge on any atom is 0.252 e. The summed E-state index contributed by atoms with van der Waals surface area (Å²) in [5, 5.41) is 2.74. The van der Waals surface area contributed by atoms with Gasteiger partial charge in [0.05, 0.1) is 12.7 Å². The fourth-order valence-corrected chi connectivity index (χ4v) is 2.16. The van der Waals surface area contributed by atoms with Gasteiger partial charge in [0.2, 0.25) is 0 Å². The molecule has 0 aliphatic carbocycles. The molecule has 1 amide bonds. The Morgan fingerprint density at radius 1 is 1.30 bits per heavy atom. The van der Waals surface area contributed by atoms with E-state index in [9.17, 15) is 9.18 Å². The van der Waals surface area contributed by atoms with Crippen molar-refractivity contribution in [3.05, 3.63) is 63.9 Å². The van der Waals surface area contributed by atoms with Gasteiger partial charge in [-0.25, -0.2) is 4.39 Å². The van der Waals surface area contributed by atoms with Gasteiger partial charge in [-0.3, -0.25) is 4.79 Å². The Morgan fingerprint density at radius 2 is 2.10 bits per heavy atom. The highest BCUT2D eigenvalue weighted by atomic mass is 79.9. The summed E-state index contributed by atoms with van der Waals surface area (Å²) in [7, 11) is 1.54. The lowest BCUT2D eigenvalue weighted by atomic mass is 10.2. The normalized spacial score (nSPS) is 10.2. The second-order valence-corrected chi connectivity index (χ2v) is 5.01. The highest BCUT2D eigenvalue weighted by Gasteiger charge is 2.11. The Balaban J connectivity index is 2.08. The maximum absolute atomic E-state index is 13.0. The van der Waals surface area contributed by atoms with Crippen LogP contribution >= 0.6 is 15.9 Å². The van der Waals surface area contributed by atoms with E-state index in [1.54, 1.807) is 30.3 Å². The summed E-state index contributed by atoms with van der Waals surface area (Å²) in [6.07, 6.45) is 0. The number of amides is 1. The largest absolute Gasteiger partial charge is 0.497 e. The summed E-state index contributed by atoms with van der Waals surface area (Å²) < 4.78 is 18.8. The summed E-state index contributed by atoms with van der Waals surface area (Å²) in [6.45, 7) is 0.264. The number of carbonyl (C=O) groups excluding carboxylic acids is 1. The fourth-order valence-electron chi connectivity index (χ4n) is 1.73. The SMILES string of the molecule is COc1ccc(Br)c(C(=O)NCc2cccc(F)c2)c1. The van der Waals surface area contributed by atoms with E-state index in [2.05, 4.69) is 21.2 Å². The smallest absolute Gasteiger partial charge is 0.252 e. The molecule has 104 valence electrons. The molecule has 0 bridgehead atoms. The summed E-state index contributed by atoms with van der Waals surface area (Å²) in [4.78, 5) is 12.1. The van der Waals surface area contributed by atoms with Crippen LogP contribution in [0.3, 0.4) is 0 Å². The second-order valence-electron chi connectivity index (χ2n) is 4.16. The van der Waals surface area contributed by atoms with Crippen molar-refractivity contribution in [1.29, 1.82) is 0 Å². The standard InChI is InChI=1S/C15H13BrFNO2/c1-20-12-5-6-14(16)13(8-12)15(19)18-9-10-3-2-4-11(17)7-10/h2-8H,9H2,1H3,(H,18,19). The molecule has 0 radical (unpaired) electrons. The Bertz CT molecular complexity index is 631. The number of ether oxygens (including phenoxy) is 1. The molecule has 0 unspecified atom stereocenters. The number of halogens is 2. The third kappa shape index (κ3) is 3.57. The first kappa shape index (κ1) is 14.5. The molecular weight excluding hydrogens is 325 g/mol. The Labute approximate surface area is 124 Å². The number of hydrogen-bond acceptors (Lipinski definition) is 2. The van der Waals surface area contributed by atoms with Crippen molar-refractivity contribution in [2.45, 2.75) is 6.54 Å². The maximum atomic E-state index is 13.0. The van der Waals surface area contributed by atoms with Gasteiger partial charge in [-0.15, -0.1) is 0 Å². The number of benzene rings is 2. The molecular formula is C15H13BrFNO2. The van der Waals surface area contributed by atoms with Crippen molar-refractivity contribution in [1.82, 2.24) is 5.32 Å². The molecule has 0 saturated heterocycles. The van der Waals surface area contributed by atoms with E-state index in [0.717, 1.165) is 0 Å². The van der Waals surface area contributed by atoms with Crippen molar-refractivity contribution in [2.75, 3.05) is 7.11 Å². The van der Waals surface area contributed by atoms with Gasteiger partial charge in [0.25, 0.3) is 5.91 Å². The van der Waals surface area contributed by atoms with Gasteiger partial charge in [0.1, 0.15) is 11.6 Å². The molecule has 2 aromatic rings. The van der Waals surface area contributed by atoms with Crippen LogP contribution in [0.15, 0.2) is 46.9 Å². The Morgan fingerprint density at radius 3 is 2.80 bits per heavy atom. The predicted octanol–water partition coefficient (Wildman–Crippen LogP) is 3.53. The molecule has 0 atom stereocenters. The van der Waals surface area contributed by atoms with Crippen molar-refractivity contribution in [3.8, 4) is 5.75 Å². The van der Waals surface area contributed by atoms with Crippen LogP contribution in [0.4, 0.5) is 4.39 Å². The average Bonchev–Trinajstić information content (AvgIpc) is 2.45. The summed E-state index contributed by atoms with van der Waals surface area (Å²) in [5.74, 6) is 0.0310. The lowest BCUT2D eigenvalue weighted by Gasteiger charge is -2.09. The van der Waals surface area contributed by atoms with Crippen LogP contribution in [0.1, 0.15) is 15.9 Å². The van der Waals surface area contributed by atoms with Gasteiger partial charge in [-0.1, -0.05) is 12.1 Å². The number of carbonyl (C=O) groups is 1. The highest BCUT2D eigenvalue weighted by Crippen LogP contribution is 2.22. The number of hydrogen-bond donors (Lipinski definition) is 1. The molecule has 3 nitrogen and oxygen atoms in total. The molecule has 0 fully saturated rings. The molecule has 0 heterocycles. The number of rotatable bonds is 4. The van der Waals surface area contributed by atoms with Crippen molar-refractivity contribution in [2.24, 2.45) is 0 Å². The van der Waals surface area contributed by atoms with Crippen LogP contribution in [0.2, 0.25) is 0 Å². The first-order chi connectivity index (χ1) is 9.60. The molecule has 0 aliphatic heterocycles. The van der Waals surface area contributed by atoms with E-state index in [4.69, 9.17) is 4.74 Å². The molecule has 2 aromatic carbocycles. The minimum Gasteiger partial charge on any atom is -0.497 e. The number of nitrogens with one attached hydrogen (secondary N) is 1. The summed E-state index contributed by atoms with van der Waals surface area (Å²) in [5.41, 5.74) is 1.18. The molecule has 0 aliphatic rings. The minimum absolute atomic E-state index is 0.250. The summed E-state index contributed by atoms with van der Waals surface area (Å²) in [6, 6.07) is 11.3. The van der Waals surface area contributed by atoms with Crippen molar-refractivity contribution < 1.29 is 13.9 Å². The highest BCUT2D eigenvalue weighted by molar-refractivity contribution is 9.10. The lowest BCUT2D eigenvalue weighted by Crippen LogP contribution is -2.23. The quantitative estimate of drug-likeness (QED) is 0.926. The molecule has 20 heavy (non-hydrogen) atoms. The average molecular weight is 338 g/mol. The zero-order valence-corrected chi connectivity index (χ0v) is 12.4. The Kier molecular flexibility index (Phi) is 4.74. The second kappa shape index (κ2) is 6.52. The topological polar surface area (TPSA) is 38.3 Å². The van der Waals surface area contributed by atoms with E-state index in [1.165, 1.54) is 19.2 Å². The number of methoxy groups -OCH3 is 1. The zero-order chi connectivity index (χ0) is 14.5.